The number of carbonyl (C=O) groups excluding carboxylic acids is 1. The summed E-state index contributed by atoms with van der Waals surface area (Å²) >= 11 is 6.91. The summed E-state index contributed by atoms with van der Waals surface area (Å²) in [5.41, 5.74) is 1.37. The molecular formula is C23H28N4O2S2. The van der Waals surface area contributed by atoms with E-state index in [1.807, 2.05) is 19.9 Å². The van der Waals surface area contributed by atoms with Crippen molar-refractivity contribution in [3.63, 3.8) is 0 Å². The van der Waals surface area contributed by atoms with Gasteiger partial charge >= 0.3 is 0 Å². The summed E-state index contributed by atoms with van der Waals surface area (Å²) in [7, 11) is 0. The maximum Gasteiger partial charge on any atom is 0.270 e. The van der Waals surface area contributed by atoms with E-state index >= 15 is 0 Å². The van der Waals surface area contributed by atoms with Crippen molar-refractivity contribution in [1.29, 1.82) is 5.26 Å². The predicted octanol–water partition coefficient (Wildman–Crippen LogP) is 4.18. The van der Waals surface area contributed by atoms with E-state index in [2.05, 4.69) is 11.0 Å². The Hall–Kier alpha value is -2.11. The molecule has 2 saturated heterocycles. The first kappa shape index (κ1) is 22.1. The molecule has 6 nitrogen and oxygen atoms in total. The number of rotatable bonds is 5. The maximum atomic E-state index is 13.3. The van der Waals surface area contributed by atoms with Gasteiger partial charge in [0.05, 0.1) is 4.91 Å². The first-order valence-electron chi connectivity index (χ1n) is 11.2. The summed E-state index contributed by atoms with van der Waals surface area (Å²) in [6.07, 6.45) is 9.07. The Morgan fingerprint density at radius 2 is 1.87 bits per heavy atom. The van der Waals surface area contributed by atoms with Gasteiger partial charge in [-0.25, -0.2) is 0 Å². The number of thioether (sulfide) groups is 1. The van der Waals surface area contributed by atoms with Gasteiger partial charge in [-0.1, -0.05) is 43.7 Å². The summed E-state index contributed by atoms with van der Waals surface area (Å²) < 4.78 is 2.35. The molecular weight excluding hydrogens is 428 g/mol. The standard InChI is InChI=1S/C23H28N4O2S2/c1-3-10-26-20(25-11-6-7-12-25)17(15(2)18(14-24)21(26)28)13-19-22(29)27(23(30)31-19)16-8-4-5-9-16/h13,16H,3-12H2,1-2H3/b19-13+. The van der Waals surface area contributed by atoms with Crippen LogP contribution in [0, 0.1) is 18.3 Å². The predicted molar refractivity (Wildman–Crippen MR) is 129 cm³/mol. The molecule has 0 bridgehead atoms. The van der Waals surface area contributed by atoms with Crippen molar-refractivity contribution in [3.8, 4) is 6.07 Å². The second-order valence-corrected chi connectivity index (χ2v) is 10.2. The molecule has 3 aliphatic rings. The van der Waals surface area contributed by atoms with Gasteiger partial charge in [0.1, 0.15) is 21.8 Å². The SMILES string of the molecule is CCCn1c(N2CCCC2)c(/C=C2/SC(=S)N(C3CCCC3)C2=O)c(C)c(C#N)c1=O. The van der Waals surface area contributed by atoms with Crippen molar-refractivity contribution in [2.45, 2.75) is 71.4 Å². The molecule has 1 amide bonds. The number of nitriles is 1. The van der Waals surface area contributed by atoms with E-state index in [1.54, 1.807) is 9.47 Å². The molecule has 0 N–H and O–H groups in total. The largest absolute Gasteiger partial charge is 0.357 e. The Labute approximate surface area is 192 Å². The van der Waals surface area contributed by atoms with Crippen molar-refractivity contribution < 1.29 is 4.79 Å². The van der Waals surface area contributed by atoms with Crippen LogP contribution >= 0.6 is 24.0 Å². The lowest BCUT2D eigenvalue weighted by atomic mass is 10.0. The van der Waals surface area contributed by atoms with Crippen molar-refractivity contribution in [2.75, 3.05) is 18.0 Å². The molecule has 31 heavy (non-hydrogen) atoms. The third-order valence-electron chi connectivity index (χ3n) is 6.49. The van der Waals surface area contributed by atoms with Crippen LogP contribution in [-0.4, -0.2) is 38.8 Å². The molecule has 0 spiro atoms. The molecule has 8 heteroatoms. The number of hydrogen-bond donors (Lipinski definition) is 0. The van der Waals surface area contributed by atoms with Gasteiger partial charge < -0.3 is 4.90 Å². The molecule has 2 aliphatic heterocycles. The van der Waals surface area contributed by atoms with Gasteiger partial charge in [-0.15, -0.1) is 0 Å². The highest BCUT2D eigenvalue weighted by molar-refractivity contribution is 8.26. The van der Waals surface area contributed by atoms with Gasteiger partial charge in [-0.3, -0.25) is 19.1 Å². The zero-order valence-electron chi connectivity index (χ0n) is 18.1. The van der Waals surface area contributed by atoms with E-state index in [-0.39, 0.29) is 23.1 Å². The zero-order valence-corrected chi connectivity index (χ0v) is 19.8. The molecule has 0 aromatic carbocycles. The number of nitrogens with zero attached hydrogens (tertiary/aromatic N) is 4. The fourth-order valence-electron chi connectivity index (χ4n) is 4.93. The van der Waals surface area contributed by atoms with Crippen LogP contribution in [0.1, 0.15) is 68.6 Å². The fraction of sp³-hybridized carbons (Fsp3) is 0.565. The quantitative estimate of drug-likeness (QED) is 0.489. The van der Waals surface area contributed by atoms with E-state index < -0.39 is 0 Å². The Bertz CT molecular complexity index is 1040. The first-order valence-corrected chi connectivity index (χ1v) is 12.4. The Morgan fingerprint density at radius 3 is 2.48 bits per heavy atom. The molecule has 1 aliphatic carbocycles. The first-order chi connectivity index (χ1) is 15.0. The third-order valence-corrected chi connectivity index (χ3v) is 7.82. The minimum atomic E-state index is -0.237. The molecule has 0 atom stereocenters. The minimum Gasteiger partial charge on any atom is -0.357 e. The number of hydrogen-bond acceptors (Lipinski definition) is 6. The molecule has 1 aromatic rings. The van der Waals surface area contributed by atoms with Crippen LogP contribution in [0.2, 0.25) is 0 Å². The molecule has 164 valence electrons. The van der Waals surface area contributed by atoms with Crippen molar-refractivity contribution in [2.24, 2.45) is 0 Å². The van der Waals surface area contributed by atoms with Crippen LogP contribution in [0.15, 0.2) is 9.70 Å². The van der Waals surface area contributed by atoms with Crippen LogP contribution in [0.3, 0.4) is 0 Å². The highest BCUT2D eigenvalue weighted by Crippen LogP contribution is 2.39. The Kier molecular flexibility index (Phi) is 6.54. The van der Waals surface area contributed by atoms with Crippen LogP contribution < -0.4 is 10.5 Å². The van der Waals surface area contributed by atoms with E-state index in [0.717, 1.165) is 69.4 Å². The summed E-state index contributed by atoms with van der Waals surface area (Å²) in [5, 5.41) is 9.71. The van der Waals surface area contributed by atoms with E-state index in [0.29, 0.717) is 21.3 Å². The lowest BCUT2D eigenvalue weighted by Gasteiger charge is -2.26. The van der Waals surface area contributed by atoms with Crippen molar-refractivity contribution in [3.05, 3.63) is 31.9 Å². The fourth-order valence-corrected chi connectivity index (χ4v) is 6.32. The normalized spacial score (nSPS) is 21.0. The van der Waals surface area contributed by atoms with E-state index in [1.165, 1.54) is 11.8 Å². The van der Waals surface area contributed by atoms with Crippen molar-refractivity contribution >= 4 is 46.1 Å². The molecule has 1 saturated carbocycles. The number of thiocarbonyl (C=S) groups is 1. The lowest BCUT2D eigenvalue weighted by molar-refractivity contribution is -0.123. The Morgan fingerprint density at radius 1 is 1.19 bits per heavy atom. The summed E-state index contributed by atoms with van der Waals surface area (Å²) in [4.78, 5) is 31.0. The number of pyridine rings is 1. The summed E-state index contributed by atoms with van der Waals surface area (Å²) in [6.45, 7) is 6.14. The van der Waals surface area contributed by atoms with Gasteiger partial charge in [-0.2, -0.15) is 5.26 Å². The monoisotopic (exact) mass is 456 g/mol. The van der Waals surface area contributed by atoms with Crippen LogP contribution in [0.4, 0.5) is 5.82 Å². The molecule has 4 rings (SSSR count). The second kappa shape index (κ2) is 9.17. The summed E-state index contributed by atoms with van der Waals surface area (Å²) in [5.74, 6) is 0.799. The Balaban J connectivity index is 1.86. The van der Waals surface area contributed by atoms with Gasteiger partial charge in [0, 0.05) is 31.2 Å². The third kappa shape index (κ3) is 3.94. The summed E-state index contributed by atoms with van der Waals surface area (Å²) in [6, 6.07) is 2.31. The van der Waals surface area contributed by atoms with Crippen LogP contribution in [0.5, 0.6) is 0 Å². The number of anilines is 1. The lowest BCUT2D eigenvalue weighted by Crippen LogP contribution is -2.36. The smallest absolute Gasteiger partial charge is 0.270 e. The van der Waals surface area contributed by atoms with Crippen molar-refractivity contribution in [1.82, 2.24) is 9.47 Å². The molecule has 0 unspecified atom stereocenters. The molecule has 3 fully saturated rings. The number of aromatic nitrogens is 1. The van der Waals surface area contributed by atoms with Gasteiger partial charge in [0.15, 0.2) is 0 Å². The molecule has 3 heterocycles. The van der Waals surface area contributed by atoms with E-state index in [4.69, 9.17) is 12.2 Å². The highest BCUT2D eigenvalue weighted by atomic mass is 32.2. The zero-order chi connectivity index (χ0) is 22.1. The van der Waals surface area contributed by atoms with Crippen LogP contribution in [-0.2, 0) is 11.3 Å². The topological polar surface area (TPSA) is 69.3 Å². The van der Waals surface area contributed by atoms with Crippen LogP contribution in [0.25, 0.3) is 6.08 Å². The number of amides is 1. The average Bonchev–Trinajstić information content (AvgIpc) is 3.49. The maximum absolute atomic E-state index is 13.3. The molecule has 1 aromatic heterocycles. The highest BCUT2D eigenvalue weighted by Gasteiger charge is 2.38. The van der Waals surface area contributed by atoms with Gasteiger partial charge in [-0.05, 0) is 50.7 Å². The van der Waals surface area contributed by atoms with E-state index in [9.17, 15) is 14.9 Å². The number of carbonyl (C=O) groups is 1. The molecule has 0 radical (unpaired) electrons. The second-order valence-electron chi connectivity index (χ2n) is 8.49. The average molecular weight is 457 g/mol. The van der Waals surface area contributed by atoms with Gasteiger partial charge in [0.2, 0.25) is 0 Å². The minimum absolute atomic E-state index is 0.0413. The van der Waals surface area contributed by atoms with Gasteiger partial charge in [0.25, 0.3) is 11.5 Å².